The van der Waals surface area contributed by atoms with Crippen LogP contribution in [0.25, 0.3) is 0 Å². The third kappa shape index (κ3) is 1.71. The van der Waals surface area contributed by atoms with E-state index in [0.29, 0.717) is 19.4 Å². The Labute approximate surface area is 66.4 Å². The van der Waals surface area contributed by atoms with Crippen LogP contribution in [0.3, 0.4) is 0 Å². The molecule has 1 N–H and O–H groups in total. The van der Waals surface area contributed by atoms with E-state index in [0.717, 1.165) is 0 Å². The molecule has 11 heavy (non-hydrogen) atoms. The Morgan fingerprint density at radius 3 is 2.73 bits per heavy atom. The van der Waals surface area contributed by atoms with E-state index < -0.39 is 11.4 Å². The first-order valence-corrected chi connectivity index (χ1v) is 3.89. The predicted octanol–water partition coefficient (Wildman–Crippen LogP) is 1.28. The summed E-state index contributed by atoms with van der Waals surface area (Å²) in [5.74, 6) is -0.701. The summed E-state index contributed by atoms with van der Waals surface area (Å²) in [6, 6.07) is 0. The van der Waals surface area contributed by atoms with Crippen molar-refractivity contribution in [1.82, 2.24) is 0 Å². The molecule has 2 atom stereocenters. The first-order chi connectivity index (χ1) is 5.04. The molecule has 0 amide bonds. The van der Waals surface area contributed by atoms with E-state index in [1.807, 2.05) is 6.92 Å². The van der Waals surface area contributed by atoms with Crippen molar-refractivity contribution in [2.24, 2.45) is 5.41 Å². The highest BCUT2D eigenvalue weighted by Gasteiger charge is 2.37. The average Bonchev–Trinajstić information content (AvgIpc) is 1.86. The van der Waals surface area contributed by atoms with Crippen LogP contribution in [0.2, 0.25) is 0 Å². The van der Waals surface area contributed by atoms with E-state index in [4.69, 9.17) is 9.84 Å². The molecule has 0 saturated carbocycles. The van der Waals surface area contributed by atoms with E-state index in [1.54, 1.807) is 6.92 Å². The zero-order valence-corrected chi connectivity index (χ0v) is 6.96. The highest BCUT2D eigenvalue weighted by atomic mass is 16.5. The van der Waals surface area contributed by atoms with Gasteiger partial charge in [0.25, 0.3) is 0 Å². The second-order valence-electron chi connectivity index (χ2n) is 3.50. The molecular formula is C8H14O3. The van der Waals surface area contributed by atoms with Crippen LogP contribution >= 0.6 is 0 Å². The fourth-order valence-electron chi connectivity index (χ4n) is 1.48. The van der Waals surface area contributed by atoms with Crippen LogP contribution in [-0.4, -0.2) is 23.8 Å². The predicted molar refractivity (Wildman–Crippen MR) is 40.4 cm³/mol. The Bertz CT molecular complexity index is 167. The van der Waals surface area contributed by atoms with Crippen LogP contribution < -0.4 is 0 Å². The minimum atomic E-state index is -0.701. The van der Waals surface area contributed by atoms with E-state index in [9.17, 15) is 4.79 Å². The molecule has 0 aromatic heterocycles. The molecule has 0 radical (unpaired) electrons. The summed E-state index contributed by atoms with van der Waals surface area (Å²) in [6.45, 7) is 4.28. The summed E-state index contributed by atoms with van der Waals surface area (Å²) in [6.07, 6.45) is 1.35. The molecule has 0 unspecified atom stereocenters. The van der Waals surface area contributed by atoms with Gasteiger partial charge >= 0.3 is 5.97 Å². The van der Waals surface area contributed by atoms with Gasteiger partial charge in [0, 0.05) is 6.61 Å². The molecule has 64 valence electrons. The van der Waals surface area contributed by atoms with Crippen molar-refractivity contribution >= 4 is 5.97 Å². The maximum absolute atomic E-state index is 10.8. The summed E-state index contributed by atoms with van der Waals surface area (Å²) in [5, 5.41) is 8.86. The third-order valence-corrected chi connectivity index (χ3v) is 2.31. The molecule has 1 heterocycles. The normalized spacial score (nSPS) is 38.5. The number of rotatable bonds is 1. The SMILES string of the molecule is C[C@@H]1C[C@@](C)(C(=O)O)CCO1. The zero-order chi connectivity index (χ0) is 8.48. The number of ether oxygens (including phenoxy) is 1. The fourth-order valence-corrected chi connectivity index (χ4v) is 1.48. The third-order valence-electron chi connectivity index (χ3n) is 2.31. The molecule has 1 aliphatic heterocycles. The van der Waals surface area contributed by atoms with Gasteiger partial charge in [0.05, 0.1) is 11.5 Å². The number of carboxylic acid groups (broad SMARTS) is 1. The molecule has 0 spiro atoms. The molecule has 1 saturated heterocycles. The average molecular weight is 158 g/mol. The van der Waals surface area contributed by atoms with Gasteiger partial charge in [-0.05, 0) is 26.7 Å². The molecule has 3 nitrogen and oxygen atoms in total. The van der Waals surface area contributed by atoms with E-state index in [-0.39, 0.29) is 6.10 Å². The Kier molecular flexibility index (Phi) is 2.18. The van der Waals surface area contributed by atoms with E-state index in [1.165, 1.54) is 0 Å². The van der Waals surface area contributed by atoms with Gasteiger partial charge in [0.1, 0.15) is 0 Å². The Morgan fingerprint density at radius 1 is 1.73 bits per heavy atom. The van der Waals surface area contributed by atoms with Crippen LogP contribution in [0.5, 0.6) is 0 Å². The van der Waals surface area contributed by atoms with Crippen molar-refractivity contribution in [3.8, 4) is 0 Å². The van der Waals surface area contributed by atoms with Gasteiger partial charge < -0.3 is 9.84 Å². The minimum Gasteiger partial charge on any atom is -0.481 e. The smallest absolute Gasteiger partial charge is 0.309 e. The number of carbonyl (C=O) groups is 1. The lowest BCUT2D eigenvalue weighted by atomic mass is 9.80. The lowest BCUT2D eigenvalue weighted by Gasteiger charge is -2.33. The second-order valence-corrected chi connectivity index (χ2v) is 3.50. The quantitative estimate of drug-likeness (QED) is 0.625. The van der Waals surface area contributed by atoms with Crippen molar-refractivity contribution in [2.45, 2.75) is 32.8 Å². The molecule has 0 bridgehead atoms. The highest BCUT2D eigenvalue weighted by Crippen LogP contribution is 2.32. The summed E-state index contributed by atoms with van der Waals surface area (Å²) < 4.78 is 5.26. The number of aliphatic carboxylic acids is 1. The lowest BCUT2D eigenvalue weighted by Crippen LogP contribution is -2.37. The van der Waals surface area contributed by atoms with Crippen LogP contribution in [-0.2, 0) is 9.53 Å². The van der Waals surface area contributed by atoms with E-state index in [2.05, 4.69) is 0 Å². The van der Waals surface area contributed by atoms with Crippen LogP contribution in [0.15, 0.2) is 0 Å². The lowest BCUT2D eigenvalue weighted by molar-refractivity contribution is -0.156. The van der Waals surface area contributed by atoms with Crippen molar-refractivity contribution in [2.75, 3.05) is 6.61 Å². The van der Waals surface area contributed by atoms with Gasteiger partial charge in [0.15, 0.2) is 0 Å². The maximum atomic E-state index is 10.8. The minimum absolute atomic E-state index is 0.0878. The molecule has 3 heteroatoms. The van der Waals surface area contributed by atoms with Crippen LogP contribution in [0.1, 0.15) is 26.7 Å². The molecule has 1 fully saturated rings. The largest absolute Gasteiger partial charge is 0.481 e. The summed E-state index contributed by atoms with van der Waals surface area (Å²) in [4.78, 5) is 10.8. The molecular weight excluding hydrogens is 144 g/mol. The Balaban J connectivity index is 2.63. The zero-order valence-electron chi connectivity index (χ0n) is 6.96. The summed E-state index contributed by atoms with van der Waals surface area (Å²) >= 11 is 0. The number of hydrogen-bond donors (Lipinski definition) is 1. The second kappa shape index (κ2) is 2.81. The van der Waals surface area contributed by atoms with Crippen LogP contribution in [0.4, 0.5) is 0 Å². The van der Waals surface area contributed by atoms with E-state index >= 15 is 0 Å². The maximum Gasteiger partial charge on any atom is 0.309 e. The van der Waals surface area contributed by atoms with Gasteiger partial charge in [-0.2, -0.15) is 0 Å². The molecule has 1 rings (SSSR count). The first-order valence-electron chi connectivity index (χ1n) is 3.89. The van der Waals surface area contributed by atoms with Crippen LogP contribution in [0, 0.1) is 5.41 Å². The number of carboxylic acids is 1. The van der Waals surface area contributed by atoms with Crippen molar-refractivity contribution < 1.29 is 14.6 Å². The standard InChI is InChI=1S/C8H14O3/c1-6-5-8(2,7(9)10)3-4-11-6/h6H,3-5H2,1-2H3,(H,9,10)/t6-,8+/m1/s1. The monoisotopic (exact) mass is 158 g/mol. The van der Waals surface area contributed by atoms with Crippen molar-refractivity contribution in [1.29, 1.82) is 0 Å². The highest BCUT2D eigenvalue weighted by molar-refractivity contribution is 5.74. The number of hydrogen-bond acceptors (Lipinski definition) is 2. The van der Waals surface area contributed by atoms with Gasteiger partial charge in [0.2, 0.25) is 0 Å². The van der Waals surface area contributed by atoms with Gasteiger partial charge in [-0.25, -0.2) is 0 Å². The fraction of sp³-hybridized carbons (Fsp3) is 0.875. The summed E-state index contributed by atoms with van der Waals surface area (Å²) in [5.41, 5.74) is -0.558. The first kappa shape index (κ1) is 8.53. The Hall–Kier alpha value is -0.570. The molecule has 1 aliphatic rings. The van der Waals surface area contributed by atoms with Crippen molar-refractivity contribution in [3.05, 3.63) is 0 Å². The summed E-state index contributed by atoms with van der Waals surface area (Å²) in [7, 11) is 0. The molecule has 0 aromatic rings. The molecule has 0 aromatic carbocycles. The van der Waals surface area contributed by atoms with Gasteiger partial charge in [-0.3, -0.25) is 4.79 Å². The molecule has 0 aliphatic carbocycles. The van der Waals surface area contributed by atoms with Gasteiger partial charge in [-0.15, -0.1) is 0 Å². The topological polar surface area (TPSA) is 46.5 Å². The van der Waals surface area contributed by atoms with Gasteiger partial charge in [-0.1, -0.05) is 0 Å². The van der Waals surface area contributed by atoms with Crippen molar-refractivity contribution in [3.63, 3.8) is 0 Å². The Morgan fingerprint density at radius 2 is 2.36 bits per heavy atom.